The van der Waals surface area contributed by atoms with Gasteiger partial charge in [-0.25, -0.2) is 14.6 Å². The number of nitrogens with one attached hydrogen (secondary N) is 2. The fourth-order valence-corrected chi connectivity index (χ4v) is 3.83. The van der Waals surface area contributed by atoms with Gasteiger partial charge < -0.3 is 15.4 Å². The topological polar surface area (TPSA) is 80.3 Å². The molecule has 6 nitrogen and oxygen atoms in total. The number of fused-ring (bicyclic) bond motifs is 1. The van der Waals surface area contributed by atoms with E-state index in [0.29, 0.717) is 11.4 Å². The number of hydrogen-bond donors (Lipinski definition) is 2. The molecular weight excluding hydrogens is 386 g/mol. The van der Waals surface area contributed by atoms with Crippen LogP contribution in [-0.2, 0) is 4.74 Å². The van der Waals surface area contributed by atoms with Gasteiger partial charge in [0.05, 0.1) is 28.6 Å². The number of carbonyl (C=O) groups excluding carboxylic acids is 2. The van der Waals surface area contributed by atoms with Crippen LogP contribution in [-0.4, -0.2) is 24.1 Å². The second-order valence-electron chi connectivity index (χ2n) is 6.18. The lowest BCUT2D eigenvalue weighted by Gasteiger charge is -2.11. The summed E-state index contributed by atoms with van der Waals surface area (Å²) < 4.78 is 5.87. The number of benzene rings is 3. The van der Waals surface area contributed by atoms with Crippen molar-refractivity contribution < 1.29 is 14.3 Å². The van der Waals surface area contributed by atoms with Crippen LogP contribution in [0.1, 0.15) is 10.4 Å². The third-order valence-electron chi connectivity index (χ3n) is 4.26. The number of para-hydroxylation sites is 2. The molecule has 2 amide bonds. The predicted octanol–water partition coefficient (Wildman–Crippen LogP) is 5.39. The highest BCUT2D eigenvalue weighted by Crippen LogP contribution is 2.30. The van der Waals surface area contributed by atoms with E-state index in [-0.39, 0.29) is 5.56 Å². The molecule has 3 aromatic carbocycles. The van der Waals surface area contributed by atoms with Crippen molar-refractivity contribution in [2.75, 3.05) is 17.7 Å². The molecule has 0 aliphatic rings. The Kier molecular flexibility index (Phi) is 5.22. The van der Waals surface area contributed by atoms with Gasteiger partial charge >= 0.3 is 12.0 Å². The standard InChI is InChI=1S/C22H17N3O3S/c1-28-21(26)16-6-2-3-7-17(16)25-22(27)23-15-12-10-14(11-13-15)20-24-18-8-4-5-9-19(18)29-20/h2-13H,1H3,(H2,23,25,27). The Bertz CT molecular complexity index is 1150. The summed E-state index contributed by atoms with van der Waals surface area (Å²) in [6, 6.07) is 21.7. The quantitative estimate of drug-likeness (QED) is 0.448. The molecule has 144 valence electrons. The number of thiazole rings is 1. The molecule has 0 aliphatic carbocycles. The number of esters is 1. The number of rotatable bonds is 4. The Balaban J connectivity index is 1.46. The number of hydrogen-bond acceptors (Lipinski definition) is 5. The number of aromatic nitrogens is 1. The van der Waals surface area contributed by atoms with Crippen LogP contribution in [0.25, 0.3) is 20.8 Å². The van der Waals surface area contributed by atoms with Crippen LogP contribution in [0.2, 0.25) is 0 Å². The van der Waals surface area contributed by atoms with E-state index >= 15 is 0 Å². The molecule has 2 N–H and O–H groups in total. The zero-order chi connectivity index (χ0) is 20.2. The van der Waals surface area contributed by atoms with E-state index in [0.717, 1.165) is 20.8 Å². The number of carbonyl (C=O) groups is 2. The van der Waals surface area contributed by atoms with Crippen LogP contribution in [0.4, 0.5) is 16.2 Å². The molecule has 0 radical (unpaired) electrons. The molecule has 1 aromatic heterocycles. The maximum atomic E-state index is 12.3. The molecule has 1 heterocycles. The van der Waals surface area contributed by atoms with Gasteiger partial charge in [-0.1, -0.05) is 24.3 Å². The summed E-state index contributed by atoms with van der Waals surface area (Å²) in [5, 5.41) is 6.36. The smallest absolute Gasteiger partial charge is 0.339 e. The third kappa shape index (κ3) is 4.09. The van der Waals surface area contributed by atoms with Gasteiger partial charge in [0.2, 0.25) is 0 Å². The molecule has 0 saturated carbocycles. The van der Waals surface area contributed by atoms with Crippen LogP contribution in [0, 0.1) is 0 Å². The van der Waals surface area contributed by atoms with Crippen molar-refractivity contribution >= 4 is 44.9 Å². The lowest BCUT2D eigenvalue weighted by molar-refractivity contribution is 0.0602. The molecule has 0 spiro atoms. The maximum Gasteiger partial charge on any atom is 0.339 e. The largest absolute Gasteiger partial charge is 0.465 e. The molecule has 0 saturated heterocycles. The van der Waals surface area contributed by atoms with Crippen molar-refractivity contribution in [1.29, 1.82) is 0 Å². The van der Waals surface area contributed by atoms with Crippen LogP contribution >= 0.6 is 11.3 Å². The number of anilines is 2. The summed E-state index contributed by atoms with van der Waals surface area (Å²) in [4.78, 5) is 28.8. The minimum Gasteiger partial charge on any atom is -0.465 e. The van der Waals surface area contributed by atoms with Gasteiger partial charge in [-0.05, 0) is 48.5 Å². The van der Waals surface area contributed by atoms with Crippen molar-refractivity contribution in [2.24, 2.45) is 0 Å². The Labute approximate surface area is 171 Å². The third-order valence-corrected chi connectivity index (χ3v) is 5.35. The summed E-state index contributed by atoms with van der Waals surface area (Å²) in [6.45, 7) is 0. The average Bonchev–Trinajstić information content (AvgIpc) is 3.18. The van der Waals surface area contributed by atoms with E-state index in [1.807, 2.05) is 48.5 Å². The first-order valence-corrected chi connectivity index (χ1v) is 9.67. The van der Waals surface area contributed by atoms with Crippen LogP contribution in [0.3, 0.4) is 0 Å². The number of ether oxygens (including phenoxy) is 1. The van der Waals surface area contributed by atoms with Gasteiger partial charge in [0.15, 0.2) is 0 Å². The Morgan fingerprint density at radius 1 is 0.897 bits per heavy atom. The molecule has 7 heteroatoms. The number of methoxy groups -OCH3 is 1. The molecule has 4 aromatic rings. The normalized spacial score (nSPS) is 10.5. The Morgan fingerprint density at radius 3 is 2.38 bits per heavy atom. The number of amides is 2. The van der Waals surface area contributed by atoms with Gasteiger partial charge in [-0.2, -0.15) is 0 Å². The van der Waals surface area contributed by atoms with E-state index < -0.39 is 12.0 Å². The monoisotopic (exact) mass is 403 g/mol. The van der Waals surface area contributed by atoms with Crippen molar-refractivity contribution in [3.63, 3.8) is 0 Å². The molecule has 0 aliphatic heterocycles. The van der Waals surface area contributed by atoms with Gasteiger partial charge in [-0.3, -0.25) is 0 Å². The SMILES string of the molecule is COC(=O)c1ccccc1NC(=O)Nc1ccc(-c2nc3ccccc3s2)cc1. The Morgan fingerprint density at radius 2 is 1.62 bits per heavy atom. The summed E-state index contributed by atoms with van der Waals surface area (Å²) in [7, 11) is 1.30. The molecule has 0 atom stereocenters. The first-order valence-electron chi connectivity index (χ1n) is 8.85. The first-order chi connectivity index (χ1) is 14.1. The van der Waals surface area contributed by atoms with Gasteiger partial charge in [0.1, 0.15) is 5.01 Å². The van der Waals surface area contributed by atoms with E-state index in [1.165, 1.54) is 7.11 Å². The molecule has 0 unspecified atom stereocenters. The highest BCUT2D eigenvalue weighted by Gasteiger charge is 2.13. The lowest BCUT2D eigenvalue weighted by Crippen LogP contribution is -2.21. The molecule has 0 fully saturated rings. The van der Waals surface area contributed by atoms with Gasteiger partial charge in [0.25, 0.3) is 0 Å². The molecule has 29 heavy (non-hydrogen) atoms. The van der Waals surface area contributed by atoms with Crippen LogP contribution in [0.15, 0.2) is 72.8 Å². The van der Waals surface area contributed by atoms with Crippen molar-refractivity contribution in [2.45, 2.75) is 0 Å². The van der Waals surface area contributed by atoms with Crippen LogP contribution < -0.4 is 10.6 Å². The fourth-order valence-electron chi connectivity index (χ4n) is 2.86. The molecule has 4 rings (SSSR count). The van der Waals surface area contributed by atoms with Gasteiger partial charge in [0, 0.05) is 11.3 Å². The van der Waals surface area contributed by atoms with Crippen molar-refractivity contribution in [3.05, 3.63) is 78.4 Å². The maximum absolute atomic E-state index is 12.3. The summed E-state index contributed by atoms with van der Waals surface area (Å²) in [5.74, 6) is -0.513. The van der Waals surface area contributed by atoms with Gasteiger partial charge in [-0.15, -0.1) is 11.3 Å². The van der Waals surface area contributed by atoms with Crippen molar-refractivity contribution in [1.82, 2.24) is 4.98 Å². The van der Waals surface area contributed by atoms with Crippen LogP contribution in [0.5, 0.6) is 0 Å². The first kappa shape index (κ1) is 18.6. The average molecular weight is 403 g/mol. The molecule has 0 bridgehead atoms. The second kappa shape index (κ2) is 8.12. The van der Waals surface area contributed by atoms with E-state index in [4.69, 9.17) is 4.74 Å². The highest BCUT2D eigenvalue weighted by molar-refractivity contribution is 7.21. The fraction of sp³-hybridized carbons (Fsp3) is 0.0455. The minimum absolute atomic E-state index is 0.288. The summed E-state index contributed by atoms with van der Waals surface area (Å²) >= 11 is 1.62. The number of nitrogens with zero attached hydrogens (tertiary/aromatic N) is 1. The van der Waals surface area contributed by atoms with E-state index in [9.17, 15) is 9.59 Å². The zero-order valence-electron chi connectivity index (χ0n) is 15.5. The number of urea groups is 1. The summed E-state index contributed by atoms with van der Waals surface area (Å²) in [5.41, 5.74) is 3.24. The summed E-state index contributed by atoms with van der Waals surface area (Å²) in [6.07, 6.45) is 0. The second-order valence-corrected chi connectivity index (χ2v) is 7.21. The minimum atomic E-state index is -0.513. The van der Waals surface area contributed by atoms with E-state index in [1.54, 1.807) is 35.6 Å². The van der Waals surface area contributed by atoms with Crippen molar-refractivity contribution in [3.8, 4) is 10.6 Å². The highest BCUT2D eigenvalue weighted by atomic mass is 32.1. The lowest BCUT2D eigenvalue weighted by atomic mass is 10.2. The molecular formula is C22H17N3O3S. The zero-order valence-corrected chi connectivity index (χ0v) is 16.3. The Hall–Kier alpha value is -3.71. The predicted molar refractivity (Wildman–Crippen MR) is 115 cm³/mol. The van der Waals surface area contributed by atoms with E-state index in [2.05, 4.69) is 15.6 Å².